The second kappa shape index (κ2) is 7.30. The number of allylic oxidation sites excluding steroid dienone is 1. The molecule has 0 amide bonds. The molecule has 0 aromatic carbocycles. The maximum absolute atomic E-state index is 5.64. The normalized spacial score (nSPS) is 11.8. The van der Waals surface area contributed by atoms with E-state index in [0.717, 1.165) is 18.1 Å². The predicted octanol–water partition coefficient (Wildman–Crippen LogP) is 3.18. The molecule has 1 aromatic rings. The lowest BCUT2D eigenvalue weighted by molar-refractivity contribution is 0.130. The van der Waals surface area contributed by atoms with Gasteiger partial charge in [0.25, 0.3) is 0 Å². The molecule has 0 saturated heterocycles. The average molecular weight is 237 g/mol. The molecule has 0 aliphatic carbocycles. The van der Waals surface area contributed by atoms with Gasteiger partial charge in [-0.1, -0.05) is 26.0 Å². The summed E-state index contributed by atoms with van der Waals surface area (Å²) in [6.07, 6.45) is 3.96. The van der Waals surface area contributed by atoms with E-state index in [0.29, 0.717) is 19.3 Å². The van der Waals surface area contributed by atoms with Gasteiger partial charge in [-0.25, -0.2) is 0 Å². The number of hydrogen-bond acceptors (Lipinski definition) is 3. The average Bonchev–Trinajstić information content (AvgIpc) is 2.63. The number of hydrogen-bond donors (Lipinski definition) is 1. The summed E-state index contributed by atoms with van der Waals surface area (Å²) in [5, 5.41) is 3.38. The Morgan fingerprint density at radius 2 is 2.24 bits per heavy atom. The minimum Gasteiger partial charge on any atom is -0.464 e. The Hall–Kier alpha value is -1.06. The molecule has 0 aliphatic heterocycles. The van der Waals surface area contributed by atoms with E-state index in [1.54, 1.807) is 0 Å². The van der Waals surface area contributed by atoms with Gasteiger partial charge in [0.2, 0.25) is 0 Å². The molecule has 0 unspecified atom stereocenters. The van der Waals surface area contributed by atoms with E-state index in [1.165, 1.54) is 5.56 Å². The SMILES string of the molecule is C/C=C/COCc1cc(CNC(C)C)c(C)o1. The molecule has 3 nitrogen and oxygen atoms in total. The molecule has 1 rings (SSSR count). The number of rotatable bonds is 7. The number of ether oxygens (including phenoxy) is 1. The zero-order valence-electron chi connectivity index (χ0n) is 11.2. The lowest BCUT2D eigenvalue weighted by atomic mass is 10.2. The molecule has 0 radical (unpaired) electrons. The van der Waals surface area contributed by atoms with Gasteiger partial charge in [0.15, 0.2) is 0 Å². The van der Waals surface area contributed by atoms with Crippen molar-refractivity contribution >= 4 is 0 Å². The quantitative estimate of drug-likeness (QED) is 0.584. The molecule has 0 spiro atoms. The molecule has 1 aromatic heterocycles. The third-order valence-corrected chi connectivity index (χ3v) is 2.47. The lowest BCUT2D eigenvalue weighted by Gasteiger charge is -2.05. The van der Waals surface area contributed by atoms with E-state index < -0.39 is 0 Å². The number of furan rings is 1. The molecule has 0 saturated carbocycles. The van der Waals surface area contributed by atoms with Crippen molar-refractivity contribution in [2.45, 2.75) is 46.9 Å². The first-order valence-electron chi connectivity index (χ1n) is 6.14. The molecule has 0 fully saturated rings. The Bertz CT molecular complexity index is 353. The van der Waals surface area contributed by atoms with Crippen molar-refractivity contribution in [3.8, 4) is 0 Å². The van der Waals surface area contributed by atoms with Gasteiger partial charge in [-0.2, -0.15) is 0 Å². The topological polar surface area (TPSA) is 34.4 Å². The molecule has 96 valence electrons. The Balaban J connectivity index is 2.44. The third kappa shape index (κ3) is 5.20. The van der Waals surface area contributed by atoms with Crippen LogP contribution < -0.4 is 5.32 Å². The number of nitrogens with one attached hydrogen (secondary N) is 1. The van der Waals surface area contributed by atoms with E-state index in [9.17, 15) is 0 Å². The minimum atomic E-state index is 0.485. The summed E-state index contributed by atoms with van der Waals surface area (Å²) in [6, 6.07) is 2.55. The van der Waals surface area contributed by atoms with Gasteiger partial charge in [0.1, 0.15) is 18.1 Å². The van der Waals surface area contributed by atoms with Crippen LogP contribution in [0.4, 0.5) is 0 Å². The standard InChI is InChI=1S/C14H23NO2/c1-5-6-7-16-10-14-8-13(12(4)17-14)9-15-11(2)3/h5-6,8,11,15H,7,9-10H2,1-4H3/b6-5+. The molecule has 1 N–H and O–H groups in total. The maximum Gasteiger partial charge on any atom is 0.130 e. The molecule has 17 heavy (non-hydrogen) atoms. The first-order valence-corrected chi connectivity index (χ1v) is 6.14. The summed E-state index contributed by atoms with van der Waals surface area (Å²) in [6.45, 7) is 10.3. The summed E-state index contributed by atoms with van der Waals surface area (Å²) in [4.78, 5) is 0. The van der Waals surface area contributed by atoms with Crippen molar-refractivity contribution in [3.05, 3.63) is 35.3 Å². The van der Waals surface area contributed by atoms with E-state index in [1.807, 2.05) is 26.0 Å². The van der Waals surface area contributed by atoms with Gasteiger partial charge in [-0.3, -0.25) is 0 Å². The first-order chi connectivity index (χ1) is 8.13. The van der Waals surface area contributed by atoms with Crippen LogP contribution in [0.3, 0.4) is 0 Å². The maximum atomic E-state index is 5.64. The highest BCUT2D eigenvalue weighted by Crippen LogP contribution is 2.15. The van der Waals surface area contributed by atoms with Crippen molar-refractivity contribution in [2.24, 2.45) is 0 Å². The van der Waals surface area contributed by atoms with Crippen LogP contribution in [0.1, 0.15) is 37.9 Å². The fourth-order valence-corrected chi connectivity index (χ4v) is 1.47. The molecule has 0 atom stereocenters. The van der Waals surface area contributed by atoms with Crippen molar-refractivity contribution < 1.29 is 9.15 Å². The third-order valence-electron chi connectivity index (χ3n) is 2.47. The Labute approximate surface area is 104 Å². The zero-order chi connectivity index (χ0) is 12.7. The molecule has 0 aliphatic rings. The van der Waals surface area contributed by atoms with Crippen LogP contribution in [0, 0.1) is 6.92 Å². The van der Waals surface area contributed by atoms with Crippen molar-refractivity contribution in [3.63, 3.8) is 0 Å². The van der Waals surface area contributed by atoms with Gasteiger partial charge >= 0.3 is 0 Å². The smallest absolute Gasteiger partial charge is 0.130 e. The van der Waals surface area contributed by atoms with Gasteiger partial charge in [0, 0.05) is 18.2 Å². The van der Waals surface area contributed by atoms with Crippen LogP contribution in [-0.2, 0) is 17.9 Å². The van der Waals surface area contributed by atoms with E-state index in [-0.39, 0.29) is 0 Å². The fourth-order valence-electron chi connectivity index (χ4n) is 1.47. The highest BCUT2D eigenvalue weighted by molar-refractivity contribution is 5.20. The van der Waals surface area contributed by atoms with Crippen LogP contribution >= 0.6 is 0 Å². The highest BCUT2D eigenvalue weighted by atomic mass is 16.5. The lowest BCUT2D eigenvalue weighted by Crippen LogP contribution is -2.21. The summed E-state index contributed by atoms with van der Waals surface area (Å²) >= 11 is 0. The second-order valence-electron chi connectivity index (χ2n) is 4.41. The molecule has 3 heteroatoms. The van der Waals surface area contributed by atoms with Gasteiger partial charge < -0.3 is 14.5 Å². The molecule has 1 heterocycles. The van der Waals surface area contributed by atoms with Gasteiger partial charge in [0.05, 0.1) is 6.61 Å². The predicted molar refractivity (Wildman–Crippen MR) is 69.9 cm³/mol. The summed E-state index contributed by atoms with van der Waals surface area (Å²) in [7, 11) is 0. The second-order valence-corrected chi connectivity index (χ2v) is 4.41. The summed E-state index contributed by atoms with van der Waals surface area (Å²) in [5.74, 6) is 1.87. The van der Waals surface area contributed by atoms with Gasteiger partial charge in [-0.15, -0.1) is 0 Å². The highest BCUT2D eigenvalue weighted by Gasteiger charge is 2.07. The van der Waals surface area contributed by atoms with Crippen LogP contribution in [0.5, 0.6) is 0 Å². The van der Waals surface area contributed by atoms with Crippen LogP contribution in [0.25, 0.3) is 0 Å². The molecular formula is C14H23NO2. The van der Waals surface area contributed by atoms with Crippen molar-refractivity contribution in [2.75, 3.05) is 6.61 Å². The largest absolute Gasteiger partial charge is 0.464 e. The van der Waals surface area contributed by atoms with Crippen LogP contribution in [0.15, 0.2) is 22.6 Å². The van der Waals surface area contributed by atoms with E-state index >= 15 is 0 Å². The Morgan fingerprint density at radius 3 is 2.88 bits per heavy atom. The summed E-state index contributed by atoms with van der Waals surface area (Å²) < 4.78 is 11.1. The number of aryl methyl sites for hydroxylation is 1. The van der Waals surface area contributed by atoms with Gasteiger partial charge in [-0.05, 0) is 19.9 Å². The van der Waals surface area contributed by atoms with Crippen molar-refractivity contribution in [1.29, 1.82) is 0 Å². The van der Waals surface area contributed by atoms with Crippen LogP contribution in [-0.4, -0.2) is 12.6 Å². The summed E-state index contributed by atoms with van der Waals surface area (Å²) in [5.41, 5.74) is 1.21. The first kappa shape index (κ1) is 14.0. The van der Waals surface area contributed by atoms with Crippen LogP contribution in [0.2, 0.25) is 0 Å². The Kier molecular flexibility index (Phi) is 6.01. The monoisotopic (exact) mass is 237 g/mol. The molecular weight excluding hydrogens is 214 g/mol. The van der Waals surface area contributed by atoms with E-state index in [4.69, 9.17) is 9.15 Å². The van der Waals surface area contributed by atoms with E-state index in [2.05, 4.69) is 25.2 Å². The fraction of sp³-hybridized carbons (Fsp3) is 0.571. The van der Waals surface area contributed by atoms with Crippen molar-refractivity contribution in [1.82, 2.24) is 5.32 Å². The minimum absolute atomic E-state index is 0.485. The zero-order valence-corrected chi connectivity index (χ0v) is 11.2. The Morgan fingerprint density at radius 1 is 1.47 bits per heavy atom. The molecule has 0 bridgehead atoms.